The van der Waals surface area contributed by atoms with Gasteiger partial charge in [0.05, 0.1) is 32.4 Å². The van der Waals surface area contributed by atoms with Crippen molar-refractivity contribution in [3.63, 3.8) is 0 Å². The highest BCUT2D eigenvalue weighted by molar-refractivity contribution is 5.87. The lowest BCUT2D eigenvalue weighted by molar-refractivity contribution is -0.128. The summed E-state index contributed by atoms with van der Waals surface area (Å²) >= 11 is 0. The van der Waals surface area contributed by atoms with Crippen molar-refractivity contribution in [2.75, 3.05) is 49.0 Å². The molecule has 0 bridgehead atoms. The fourth-order valence-corrected chi connectivity index (χ4v) is 35.3. The summed E-state index contributed by atoms with van der Waals surface area (Å²) in [5.74, 6) is 12.3. The average molecular weight is 1830 g/mol. The summed E-state index contributed by atoms with van der Waals surface area (Å²) in [5.41, 5.74) is 21.4. The number of nitrogens with zero attached hydrogens (tertiary/aromatic N) is 11. The highest BCUT2D eigenvalue weighted by Gasteiger charge is 2.68. The Balaban J connectivity index is 0.000000102. The molecule has 18 nitrogen and oxygen atoms in total. The molecular weight excluding hydrogens is 1680 g/mol. The third kappa shape index (κ3) is 13.7. The lowest BCUT2D eigenvalue weighted by atomic mass is 9.43. The molecule has 0 spiro atoms. The Kier molecular flexibility index (Phi) is 22.6. The Morgan fingerprint density at radius 3 is 1.12 bits per heavy atom. The molecule has 5 aliphatic heterocycles. The minimum absolute atomic E-state index is 0.0242. The highest BCUT2D eigenvalue weighted by Crippen LogP contribution is 2.75. The number of pyridine rings is 4. The zero-order valence-corrected chi connectivity index (χ0v) is 84.8. The number of allylic oxidation sites excluding steroid dienone is 20. The van der Waals surface area contributed by atoms with Crippen LogP contribution in [0.4, 0.5) is 0 Å². The molecule has 10 heterocycles. The molecule has 0 unspecified atom stereocenters. The van der Waals surface area contributed by atoms with Crippen LogP contribution in [0.15, 0.2) is 188 Å². The maximum atomic E-state index is 12.6. The van der Waals surface area contributed by atoms with Crippen LogP contribution >= 0.6 is 0 Å². The van der Waals surface area contributed by atoms with Crippen molar-refractivity contribution >= 4 is 57.5 Å². The predicted octanol–water partition coefficient (Wildman–Crippen LogP) is 23.7. The molecule has 25 rings (SSSR count). The molecule has 136 heavy (non-hydrogen) atoms. The lowest BCUT2D eigenvalue weighted by Crippen LogP contribution is -2.54. The topological polar surface area (TPSA) is 189 Å². The van der Waals surface area contributed by atoms with E-state index >= 15 is 0 Å². The predicted molar refractivity (Wildman–Crippen MR) is 536 cm³/mol. The van der Waals surface area contributed by atoms with Gasteiger partial charge >= 0.3 is 0 Å². The molecule has 5 saturated carbocycles. The molecule has 0 radical (unpaired) electrons. The Hall–Kier alpha value is -9.84. The molecular formula is C118H149N11O7. The quantitative estimate of drug-likeness (QED) is 0.143. The molecule has 0 aromatic carbocycles. The second-order valence-corrected chi connectivity index (χ2v) is 48.3. The number of methoxy groups -OCH3 is 1. The maximum Gasteiger partial charge on any atom is 0.227 e. The molecule has 5 aromatic rings. The minimum atomic E-state index is -0.0394. The van der Waals surface area contributed by atoms with Gasteiger partial charge in [0.2, 0.25) is 29.5 Å². The van der Waals surface area contributed by atoms with Crippen molar-refractivity contribution in [2.45, 2.75) is 251 Å². The first-order valence-corrected chi connectivity index (χ1v) is 52.1. The van der Waals surface area contributed by atoms with Crippen molar-refractivity contribution < 1.29 is 33.4 Å². The van der Waals surface area contributed by atoms with Crippen LogP contribution in [0.2, 0.25) is 0 Å². The minimum Gasteiger partial charge on any atom is -0.495 e. The van der Waals surface area contributed by atoms with E-state index in [0.717, 1.165) is 75.7 Å². The van der Waals surface area contributed by atoms with E-state index in [1.807, 2.05) is 123 Å². The fourth-order valence-electron chi connectivity index (χ4n) is 35.3. The third-order valence-electron chi connectivity index (χ3n) is 42.6. The number of aromatic nitrogens is 6. The number of likely N-dealkylation sites (tertiary alicyclic amines) is 5. The third-order valence-corrected chi connectivity index (χ3v) is 42.6. The van der Waals surface area contributed by atoms with E-state index in [1.165, 1.54) is 149 Å². The van der Waals surface area contributed by atoms with Crippen LogP contribution in [-0.2, 0) is 24.0 Å². The van der Waals surface area contributed by atoms with E-state index in [2.05, 4.69) is 210 Å². The van der Waals surface area contributed by atoms with Crippen molar-refractivity contribution in [1.82, 2.24) is 54.0 Å². The molecule has 5 amide bonds. The van der Waals surface area contributed by atoms with Crippen LogP contribution in [0, 0.1) is 149 Å². The number of rotatable bonds is 8. The van der Waals surface area contributed by atoms with Crippen LogP contribution in [0.3, 0.4) is 0 Å². The first-order chi connectivity index (χ1) is 64.9. The average Bonchev–Trinajstić information content (AvgIpc) is 1.50. The summed E-state index contributed by atoms with van der Waals surface area (Å²) < 4.78 is 13.4. The maximum absolute atomic E-state index is 12.6. The van der Waals surface area contributed by atoms with Gasteiger partial charge in [0.15, 0.2) is 0 Å². The van der Waals surface area contributed by atoms with Crippen LogP contribution in [0.25, 0.3) is 28.0 Å². The van der Waals surface area contributed by atoms with Gasteiger partial charge in [-0.25, -0.2) is 4.98 Å². The summed E-state index contributed by atoms with van der Waals surface area (Å²) in [6.45, 7) is 31.4. The van der Waals surface area contributed by atoms with E-state index < -0.39 is 0 Å². The summed E-state index contributed by atoms with van der Waals surface area (Å²) in [6.07, 6.45) is 72.4. The lowest BCUT2D eigenvalue weighted by Gasteiger charge is -2.61. The fraction of sp³-hybridized carbons (Fsp3) is 0.593. The molecule has 5 saturated heterocycles. The Labute approximate surface area is 809 Å². The Morgan fingerprint density at radius 2 is 0.699 bits per heavy atom. The number of aryl methyl sites for hydroxylation is 1. The van der Waals surface area contributed by atoms with Crippen LogP contribution in [-0.4, -0.2) is 132 Å². The number of amides is 5. The second-order valence-electron chi connectivity index (χ2n) is 48.3. The van der Waals surface area contributed by atoms with Crippen LogP contribution < -0.4 is 9.47 Å². The number of carbonyl (C=O) groups excluding carboxylic acids is 5. The van der Waals surface area contributed by atoms with Crippen LogP contribution in [0.5, 0.6) is 11.5 Å². The largest absolute Gasteiger partial charge is 0.495 e. The summed E-state index contributed by atoms with van der Waals surface area (Å²) in [5, 5.41) is 0. The van der Waals surface area contributed by atoms with Gasteiger partial charge in [-0.2, -0.15) is 0 Å². The standard InChI is InChI=1S/C26H34N2O2.C24H30N2O2.C24H30N2O.C23H28N2O.C21H27N3O/c1-6-30-18-13-17(15-27-16-18)19-7-8-20-21-9-10-22-26(4,14-23(29)28(22)5)25(21,3)12-11-24(19,20)2;1-23-10-9-20-17(5-8-21-24(20,2)12-22(27)26(21)3)19(23)7-6-18(23)15-11-16(28-4)14-25-13-15;1-15-11-16(14-25-13-15)18-6-7-19-17-5-8-21-24(3,12-22(27)26(21)4)20(17)9-10-23(18,19)2;1-22-11-10-19-16(6-9-20-23(19,2)13-21(26)25(20)3)18(22)8-7-17(22)15-5-4-12-24-14-15;1-20-9-8-16-14(4-6-17-21(16,2)12-19(25)23(17)3)15(20)5-7-18(20)24-11-10-22-13-24/h7,10,13,15-16,20-21H,6,8-9,11-12,14H2,1-5H3;6,8,11,13-14,17,19-20H,5,7,9-10,12H2,1-4H3;6,8,11,13-14,17,19-20H,5,7,9-10,12H2,1-4H3;4-5,7,9,12,14,16,18-19H,6,8,10-11,13H2,1-3H3;6-7,10-11,13-16H,4-5,8-9,12H2,1-3H3/t20-,21-,24+,25-,26-;2*17-,19-,20-,23+,24+;16-,18-,19-,22+,23+;14-,15-,16-,20-,21+/m00000/s1. The van der Waals surface area contributed by atoms with E-state index in [4.69, 9.17) is 9.47 Å². The molecule has 718 valence electrons. The van der Waals surface area contributed by atoms with Gasteiger partial charge in [0, 0.05) is 184 Å². The van der Waals surface area contributed by atoms with Gasteiger partial charge < -0.3 is 38.5 Å². The monoisotopic (exact) mass is 1830 g/mol. The number of ether oxygens (including phenoxy) is 2. The van der Waals surface area contributed by atoms with Gasteiger partial charge in [-0.1, -0.05) is 143 Å². The van der Waals surface area contributed by atoms with Crippen molar-refractivity contribution in [1.29, 1.82) is 0 Å². The number of fused-ring (bicyclic) bond motifs is 25. The van der Waals surface area contributed by atoms with Gasteiger partial charge in [0.25, 0.3) is 0 Å². The zero-order chi connectivity index (χ0) is 95.5. The summed E-state index contributed by atoms with van der Waals surface area (Å²) in [4.78, 5) is 93.9. The first-order valence-electron chi connectivity index (χ1n) is 52.1. The Morgan fingerprint density at radius 1 is 0.338 bits per heavy atom. The summed E-state index contributed by atoms with van der Waals surface area (Å²) in [7, 11) is 11.5. The number of imidazole rings is 1. The van der Waals surface area contributed by atoms with Gasteiger partial charge in [0.1, 0.15) is 11.5 Å². The van der Waals surface area contributed by atoms with Crippen molar-refractivity contribution in [3.8, 4) is 11.5 Å². The molecule has 20 aliphatic rings. The molecule has 25 atom stereocenters. The Bertz CT molecular complexity index is 6050. The van der Waals surface area contributed by atoms with Gasteiger partial charge in [-0.3, -0.25) is 43.9 Å². The smallest absolute Gasteiger partial charge is 0.227 e. The summed E-state index contributed by atoms with van der Waals surface area (Å²) in [6, 6.07) is 10.8. The molecule has 15 aliphatic carbocycles. The van der Waals surface area contributed by atoms with E-state index in [1.54, 1.807) is 13.3 Å². The second kappa shape index (κ2) is 33.2. The number of carbonyl (C=O) groups is 5. The van der Waals surface area contributed by atoms with Crippen LogP contribution in [0.1, 0.15) is 271 Å². The number of hydrogen-bond acceptors (Lipinski definition) is 12. The van der Waals surface area contributed by atoms with Gasteiger partial charge in [-0.15, -0.1) is 0 Å². The van der Waals surface area contributed by atoms with Gasteiger partial charge in [-0.05, 0) is 327 Å². The molecule has 5 aromatic heterocycles. The highest BCUT2D eigenvalue weighted by atomic mass is 16.5. The molecule has 10 fully saturated rings. The SMILES string of the molecule is CCOc1cncc(C2=CC[C@H]3[C@@H]4CC=C5N(C)C(=O)C[C@]5(C)[C@@]4(C)CC[C@]23C)c1.CN1C(=O)C[C@@]2(C)C1=CC[C@@H]1[C@@H]2CC[C@]2(C)C(c3cccnc3)=CC[C@@H]12.CN1C(=O)C[C@@]2(C)C1=CC[C@@H]1[C@@H]2CC[C@]2(C)C(n3ccnc3)=CC[C@@H]12.COc1cncc(C2=CC[C@H]3[C@@H]4CC=C5N(C)C(=O)C[C@]5(C)[C@H]4CC[C@]23C)c1.Cc1cncc(C2=CC[C@H]3[C@@H]4CC=C5N(C)C(=O)C[C@]5(C)[C@H]4CC[C@]23C)c1. The zero-order valence-electron chi connectivity index (χ0n) is 84.8. The van der Waals surface area contributed by atoms with Crippen molar-refractivity contribution in [3.05, 3.63) is 216 Å². The van der Waals surface area contributed by atoms with E-state index in [-0.39, 0.29) is 71.4 Å². The van der Waals surface area contributed by atoms with E-state index in [9.17, 15) is 24.0 Å². The van der Waals surface area contributed by atoms with Crippen molar-refractivity contribution in [2.24, 2.45) is 142 Å². The normalized spacial score (nSPS) is 40.5. The molecule has 18 heteroatoms. The molecule has 0 N–H and O–H groups in total. The first kappa shape index (κ1) is 92.5. The number of hydrogen-bond donors (Lipinski definition) is 0. The van der Waals surface area contributed by atoms with E-state index in [0.29, 0.717) is 139 Å².